The quantitative estimate of drug-likeness (QED) is 0.356. The van der Waals surface area contributed by atoms with Crippen molar-refractivity contribution in [3.05, 3.63) is 77.8 Å². The van der Waals surface area contributed by atoms with Crippen LogP contribution in [0.15, 0.2) is 65.1 Å². The van der Waals surface area contributed by atoms with Gasteiger partial charge in [-0.2, -0.15) is 13.2 Å². The normalized spacial score (nSPS) is 15.1. The predicted molar refractivity (Wildman–Crippen MR) is 119 cm³/mol. The van der Waals surface area contributed by atoms with Gasteiger partial charge in [0.1, 0.15) is 11.6 Å². The molecule has 0 radical (unpaired) electrons. The van der Waals surface area contributed by atoms with Crippen LogP contribution in [0.1, 0.15) is 40.8 Å². The highest BCUT2D eigenvalue weighted by Crippen LogP contribution is 2.34. The van der Waals surface area contributed by atoms with E-state index in [9.17, 15) is 18.0 Å². The lowest BCUT2D eigenvalue weighted by Crippen LogP contribution is -2.39. The summed E-state index contributed by atoms with van der Waals surface area (Å²) in [5.74, 6) is 1.50. The number of hydrogen-bond donors (Lipinski definition) is 0. The first-order valence-corrected chi connectivity index (χ1v) is 11.0. The number of halogens is 3. The number of piperidine rings is 1. The zero-order valence-corrected chi connectivity index (χ0v) is 18.4. The maximum Gasteiger partial charge on any atom is 0.416 e. The van der Waals surface area contributed by atoms with E-state index in [2.05, 4.69) is 4.98 Å². The first-order valence-electron chi connectivity index (χ1n) is 11.0. The number of nitrogens with zero attached hydrogens (tertiary/aromatic N) is 3. The highest BCUT2D eigenvalue weighted by atomic mass is 19.4. The fourth-order valence-corrected chi connectivity index (χ4v) is 4.43. The van der Waals surface area contributed by atoms with Crippen molar-refractivity contribution in [2.45, 2.75) is 32.0 Å². The molecule has 2 aromatic carbocycles. The maximum atomic E-state index is 13.1. The number of ether oxygens (including phenoxy) is 1. The topological polar surface area (TPSA) is 60.5 Å². The molecular weight excluding hydrogens is 447 g/mol. The summed E-state index contributed by atoms with van der Waals surface area (Å²) in [7, 11) is 0. The summed E-state index contributed by atoms with van der Waals surface area (Å²) in [5, 5.41) is 0. The summed E-state index contributed by atoms with van der Waals surface area (Å²) in [5.41, 5.74) is 0.288. The van der Waals surface area contributed by atoms with Crippen LogP contribution in [0.5, 0.6) is 11.7 Å². The second-order valence-corrected chi connectivity index (χ2v) is 8.29. The van der Waals surface area contributed by atoms with Crippen LogP contribution in [0.3, 0.4) is 0 Å². The van der Waals surface area contributed by atoms with Crippen molar-refractivity contribution >= 4 is 16.9 Å². The Morgan fingerprint density at radius 1 is 1.06 bits per heavy atom. The molecule has 0 spiro atoms. The number of para-hydroxylation sites is 1. The molecule has 176 valence electrons. The lowest BCUT2D eigenvalue weighted by Gasteiger charge is -2.33. The van der Waals surface area contributed by atoms with Crippen molar-refractivity contribution < 1.29 is 27.1 Å². The van der Waals surface area contributed by atoms with Crippen molar-refractivity contribution in [2.75, 3.05) is 13.1 Å². The lowest BCUT2D eigenvalue weighted by atomic mass is 10.0. The van der Waals surface area contributed by atoms with Crippen LogP contribution >= 0.6 is 0 Å². The summed E-state index contributed by atoms with van der Waals surface area (Å²) in [6.07, 6.45) is -3.09. The van der Waals surface area contributed by atoms with Gasteiger partial charge in [0.05, 0.1) is 16.6 Å². The fourth-order valence-electron chi connectivity index (χ4n) is 4.43. The molecule has 3 heterocycles. The third-order valence-corrected chi connectivity index (χ3v) is 6.06. The largest absolute Gasteiger partial charge is 0.426 e. The average Bonchev–Trinajstić information content (AvgIpc) is 3.42. The predicted octanol–water partition coefficient (Wildman–Crippen LogP) is 6.23. The molecule has 1 saturated heterocycles. The van der Waals surface area contributed by atoms with E-state index in [0.717, 1.165) is 12.1 Å². The first-order chi connectivity index (χ1) is 16.3. The maximum absolute atomic E-state index is 13.1. The SMILES string of the molecule is Cc1nc2cc(C(F)(F)F)ccc2n1C1CCN(C(=O)c2ccc(Oc3ccccc3)o2)CC1. The average molecular weight is 469 g/mol. The Bertz CT molecular complexity index is 1320. The minimum absolute atomic E-state index is 0.0411. The molecule has 4 aromatic rings. The molecule has 5 rings (SSSR count). The molecule has 2 aromatic heterocycles. The Kier molecular flexibility index (Phi) is 5.55. The molecular formula is C25H22F3N3O3. The van der Waals surface area contributed by atoms with E-state index in [1.54, 1.807) is 36.1 Å². The molecule has 1 amide bonds. The van der Waals surface area contributed by atoms with Gasteiger partial charge in [-0.05, 0) is 56.2 Å². The van der Waals surface area contributed by atoms with E-state index in [-0.39, 0.29) is 23.7 Å². The van der Waals surface area contributed by atoms with Crippen molar-refractivity contribution in [3.63, 3.8) is 0 Å². The summed E-state index contributed by atoms with van der Waals surface area (Å²) in [4.78, 5) is 19.0. The second-order valence-electron chi connectivity index (χ2n) is 8.29. The summed E-state index contributed by atoms with van der Waals surface area (Å²) in [6, 6.07) is 16.0. The number of carbonyl (C=O) groups is 1. The minimum atomic E-state index is -4.41. The molecule has 1 aliphatic rings. The Morgan fingerprint density at radius 2 is 1.79 bits per heavy atom. The van der Waals surface area contributed by atoms with Crippen LogP contribution in [0.4, 0.5) is 13.2 Å². The second kappa shape index (κ2) is 8.55. The number of carbonyl (C=O) groups excluding carboxylic acids is 1. The molecule has 0 unspecified atom stereocenters. The smallest absolute Gasteiger partial charge is 0.416 e. The van der Waals surface area contributed by atoms with Gasteiger partial charge >= 0.3 is 6.18 Å². The highest BCUT2D eigenvalue weighted by Gasteiger charge is 2.32. The molecule has 34 heavy (non-hydrogen) atoms. The van der Waals surface area contributed by atoms with E-state index in [0.29, 0.717) is 48.5 Å². The van der Waals surface area contributed by atoms with Crippen molar-refractivity contribution in [1.82, 2.24) is 14.5 Å². The first kappa shape index (κ1) is 22.1. The minimum Gasteiger partial charge on any atom is -0.426 e. The summed E-state index contributed by atoms with van der Waals surface area (Å²) >= 11 is 0. The number of rotatable bonds is 4. The van der Waals surface area contributed by atoms with E-state index in [1.165, 1.54) is 6.07 Å². The van der Waals surface area contributed by atoms with Gasteiger partial charge in [0.15, 0.2) is 5.76 Å². The third-order valence-electron chi connectivity index (χ3n) is 6.06. The molecule has 0 N–H and O–H groups in total. The van der Waals surface area contributed by atoms with Gasteiger partial charge < -0.3 is 18.6 Å². The number of imidazole rings is 1. The van der Waals surface area contributed by atoms with E-state index in [4.69, 9.17) is 9.15 Å². The number of hydrogen-bond acceptors (Lipinski definition) is 4. The summed E-state index contributed by atoms with van der Waals surface area (Å²) in [6.45, 7) is 2.79. The number of alkyl halides is 3. The number of amides is 1. The van der Waals surface area contributed by atoms with E-state index in [1.807, 2.05) is 22.8 Å². The number of likely N-dealkylation sites (tertiary alicyclic amines) is 1. The molecule has 1 aliphatic heterocycles. The van der Waals surface area contributed by atoms with Gasteiger partial charge in [-0.25, -0.2) is 4.98 Å². The lowest BCUT2D eigenvalue weighted by molar-refractivity contribution is -0.137. The Balaban J connectivity index is 1.26. The van der Waals surface area contributed by atoms with Crippen LogP contribution in [0, 0.1) is 6.92 Å². The van der Waals surface area contributed by atoms with E-state index >= 15 is 0 Å². The van der Waals surface area contributed by atoms with Crippen LogP contribution in [-0.4, -0.2) is 33.4 Å². The molecule has 1 fully saturated rings. The van der Waals surface area contributed by atoms with Gasteiger partial charge in [-0.1, -0.05) is 18.2 Å². The number of aryl methyl sites for hydroxylation is 1. The number of fused-ring (bicyclic) bond motifs is 1. The van der Waals surface area contributed by atoms with Crippen molar-refractivity contribution in [1.29, 1.82) is 0 Å². The van der Waals surface area contributed by atoms with Gasteiger partial charge in [-0.3, -0.25) is 4.79 Å². The van der Waals surface area contributed by atoms with Gasteiger partial charge in [0.25, 0.3) is 11.9 Å². The number of furan rings is 1. The van der Waals surface area contributed by atoms with E-state index < -0.39 is 11.7 Å². The monoisotopic (exact) mass is 469 g/mol. The molecule has 0 bridgehead atoms. The highest BCUT2D eigenvalue weighted by molar-refractivity contribution is 5.91. The molecule has 0 saturated carbocycles. The summed E-state index contributed by atoms with van der Waals surface area (Å²) < 4.78 is 52.4. The molecule has 0 aliphatic carbocycles. The Labute approximate surface area is 193 Å². The Morgan fingerprint density at radius 3 is 2.50 bits per heavy atom. The number of benzene rings is 2. The van der Waals surface area contributed by atoms with Crippen molar-refractivity contribution in [3.8, 4) is 11.7 Å². The van der Waals surface area contributed by atoms with Gasteiger partial charge in [0.2, 0.25) is 0 Å². The van der Waals surface area contributed by atoms with Gasteiger partial charge in [0, 0.05) is 25.2 Å². The zero-order chi connectivity index (χ0) is 23.9. The van der Waals surface area contributed by atoms with Crippen LogP contribution in [-0.2, 0) is 6.18 Å². The zero-order valence-electron chi connectivity index (χ0n) is 18.4. The fraction of sp³-hybridized carbons (Fsp3) is 0.280. The molecule has 6 nitrogen and oxygen atoms in total. The number of aromatic nitrogens is 2. The van der Waals surface area contributed by atoms with Crippen LogP contribution in [0.25, 0.3) is 11.0 Å². The standard InChI is InChI=1S/C25H22F3N3O3/c1-16-29-20-15-17(25(26,27)28)7-8-21(20)31(16)18-11-13-30(14-12-18)24(32)22-9-10-23(34-22)33-19-5-3-2-4-6-19/h2-10,15,18H,11-14H2,1H3. The van der Waals surface area contributed by atoms with Gasteiger partial charge in [-0.15, -0.1) is 0 Å². The third kappa shape index (κ3) is 4.25. The molecule has 0 atom stereocenters. The Hall–Kier alpha value is -3.75. The molecule has 9 heteroatoms. The van der Waals surface area contributed by atoms with Crippen LogP contribution < -0.4 is 4.74 Å². The van der Waals surface area contributed by atoms with Crippen molar-refractivity contribution in [2.24, 2.45) is 0 Å². The van der Waals surface area contributed by atoms with Crippen LogP contribution in [0.2, 0.25) is 0 Å².